The Bertz CT molecular complexity index is 1760. The first kappa shape index (κ1) is 29.7. The second-order valence-corrected chi connectivity index (χ2v) is 15.0. The number of nitrogens with zero attached hydrogens (tertiary/aromatic N) is 2. The highest BCUT2D eigenvalue weighted by Crippen LogP contribution is 2.50. The van der Waals surface area contributed by atoms with Gasteiger partial charge >= 0.3 is 5.97 Å². The molecule has 2 bridgehead atoms. The van der Waals surface area contributed by atoms with Crippen molar-refractivity contribution in [3.05, 3.63) is 68.9 Å². The van der Waals surface area contributed by atoms with Gasteiger partial charge in [-0.05, 0) is 74.4 Å². The molecule has 4 fully saturated rings. The number of carboxylic acid groups (broad SMARTS) is 1. The Morgan fingerprint density at radius 2 is 1.84 bits per heavy atom. The molecule has 4 aliphatic rings. The molecule has 10 nitrogen and oxygen atoms in total. The van der Waals surface area contributed by atoms with Crippen LogP contribution in [0.1, 0.15) is 84.5 Å². The minimum absolute atomic E-state index is 0.114. The summed E-state index contributed by atoms with van der Waals surface area (Å²) in [5.41, 5.74) is 2.42. The van der Waals surface area contributed by atoms with Gasteiger partial charge in [0.2, 0.25) is 15.9 Å². The summed E-state index contributed by atoms with van der Waals surface area (Å²) in [6, 6.07) is 9.58. The van der Waals surface area contributed by atoms with E-state index in [0.717, 1.165) is 24.2 Å². The lowest BCUT2D eigenvalue weighted by molar-refractivity contribution is -0.126. The number of rotatable bonds is 9. The van der Waals surface area contributed by atoms with Gasteiger partial charge in [0.1, 0.15) is 16.2 Å². The predicted molar refractivity (Wildman–Crippen MR) is 163 cm³/mol. The van der Waals surface area contributed by atoms with Crippen molar-refractivity contribution in [2.24, 2.45) is 11.1 Å². The third-order valence-electron chi connectivity index (χ3n) is 9.77. The molecule has 1 aromatic heterocycles. The van der Waals surface area contributed by atoms with Crippen molar-refractivity contribution in [1.82, 2.24) is 5.16 Å². The van der Waals surface area contributed by atoms with Crippen molar-refractivity contribution in [3.63, 3.8) is 0 Å². The van der Waals surface area contributed by atoms with Crippen molar-refractivity contribution >= 4 is 50.8 Å². The molecule has 232 valence electrons. The highest BCUT2D eigenvalue weighted by atomic mass is 35.5. The van der Waals surface area contributed by atoms with E-state index in [2.05, 4.69) is 5.16 Å². The van der Waals surface area contributed by atoms with Crippen LogP contribution in [0, 0.1) is 5.92 Å². The quantitative estimate of drug-likeness (QED) is 0.284. The maximum absolute atomic E-state index is 13.8. The number of benzene rings is 2. The fourth-order valence-corrected chi connectivity index (χ4v) is 9.37. The molecule has 3 N–H and O–H groups in total. The number of aromatic carboxylic acids is 1. The van der Waals surface area contributed by atoms with Gasteiger partial charge in [-0.25, -0.2) is 18.4 Å². The van der Waals surface area contributed by atoms with Crippen molar-refractivity contribution < 1.29 is 32.4 Å². The van der Waals surface area contributed by atoms with Crippen LogP contribution in [-0.2, 0) is 30.9 Å². The van der Waals surface area contributed by atoms with E-state index in [-0.39, 0.29) is 54.5 Å². The normalized spacial score (nSPS) is 24.4. The summed E-state index contributed by atoms with van der Waals surface area (Å²) < 4.78 is 36.4. The molecule has 0 spiro atoms. The summed E-state index contributed by atoms with van der Waals surface area (Å²) in [5.74, 6) is -0.761. The predicted octanol–water partition coefficient (Wildman–Crippen LogP) is 5.99. The largest absolute Gasteiger partial charge is 0.478 e. The maximum Gasteiger partial charge on any atom is 0.336 e. The molecule has 1 aliphatic heterocycles. The Balaban J connectivity index is 1.14. The Morgan fingerprint density at radius 3 is 2.45 bits per heavy atom. The Labute approximate surface area is 264 Å². The van der Waals surface area contributed by atoms with E-state index in [0.29, 0.717) is 52.7 Å². The van der Waals surface area contributed by atoms with Crippen LogP contribution < -0.4 is 10.0 Å². The summed E-state index contributed by atoms with van der Waals surface area (Å²) in [6.45, 7) is 0.182. The second kappa shape index (κ2) is 10.8. The number of carboxylic acids is 1. The molecule has 2 heterocycles. The number of ether oxygens (including phenoxy) is 1. The minimum atomic E-state index is -4.13. The first-order valence-corrected chi connectivity index (χ1v) is 17.1. The first-order chi connectivity index (χ1) is 21.0. The van der Waals surface area contributed by atoms with Gasteiger partial charge in [-0.3, -0.25) is 4.79 Å². The van der Waals surface area contributed by atoms with Crippen molar-refractivity contribution in [3.8, 4) is 11.3 Å². The summed E-state index contributed by atoms with van der Waals surface area (Å²) >= 11 is 13.0. The van der Waals surface area contributed by atoms with Gasteiger partial charge in [-0.1, -0.05) is 47.3 Å². The molecular formula is C31H31Cl2N3O7S. The molecule has 2 aromatic carbocycles. The van der Waals surface area contributed by atoms with Crippen molar-refractivity contribution in [2.45, 2.75) is 80.8 Å². The van der Waals surface area contributed by atoms with E-state index >= 15 is 0 Å². The summed E-state index contributed by atoms with van der Waals surface area (Å²) in [7, 11) is -4.13. The van der Waals surface area contributed by atoms with Gasteiger partial charge in [-0.2, -0.15) is 0 Å². The van der Waals surface area contributed by atoms with Gasteiger partial charge in [0, 0.05) is 28.8 Å². The Morgan fingerprint density at radius 1 is 1.14 bits per heavy atom. The van der Waals surface area contributed by atoms with E-state index < -0.39 is 26.7 Å². The number of nitrogens with two attached hydrogens (primary N) is 1. The summed E-state index contributed by atoms with van der Waals surface area (Å²) in [6.07, 6.45) is 4.49. The average Bonchev–Trinajstić information content (AvgIpc) is 3.30. The van der Waals surface area contributed by atoms with E-state index in [1.807, 2.05) is 0 Å². The van der Waals surface area contributed by atoms with E-state index in [4.69, 9.17) is 37.6 Å². The number of sulfonamides is 1. The standard InChI is InChI=1S/C31H31Cl2N3O7S/c32-23-4-3-5-24(33)26(23)27-21(28(43-35-27)16-6-7-16)15-42-25-14-18-12-20(25)29(37)36(18)17-8-9-19(30(38)39)22(13-17)31(44(34,40)41)10-1-2-11-31/h3-5,8-9,13,16,18,20,25H,1-2,6-7,10-12,14-15H2,(H,38,39)(H2,34,40,41)/t18-,20+,25+/m0/s1. The number of carbonyl (C=O) groups is 2. The van der Waals surface area contributed by atoms with Crippen LogP contribution in [0.25, 0.3) is 11.3 Å². The first-order valence-electron chi connectivity index (χ1n) is 14.8. The van der Waals surface area contributed by atoms with Gasteiger partial charge in [0.05, 0.1) is 34.2 Å². The topological polar surface area (TPSA) is 153 Å². The van der Waals surface area contributed by atoms with E-state index in [1.54, 1.807) is 35.2 Å². The van der Waals surface area contributed by atoms with Gasteiger partial charge in [0.15, 0.2) is 0 Å². The number of piperidine rings is 1. The Kier molecular flexibility index (Phi) is 7.32. The number of fused-ring (bicyclic) bond motifs is 2. The molecule has 1 saturated heterocycles. The van der Waals surface area contributed by atoms with Crippen LogP contribution >= 0.6 is 23.2 Å². The molecule has 3 aromatic rings. The van der Waals surface area contributed by atoms with Crippen LogP contribution in [0.15, 0.2) is 40.9 Å². The SMILES string of the molecule is NS(=O)(=O)C1(c2cc(N3C(=O)[C@@H]4C[C@H]3C[C@H]4OCc3c(-c4c(Cl)cccc4Cl)noc3C3CC3)ccc2C(=O)O)CCCC1. The molecule has 3 aliphatic carbocycles. The monoisotopic (exact) mass is 659 g/mol. The molecular weight excluding hydrogens is 629 g/mol. The molecule has 1 amide bonds. The summed E-state index contributed by atoms with van der Waals surface area (Å²) in [5, 5.41) is 20.9. The van der Waals surface area contributed by atoms with Crippen LogP contribution in [0.4, 0.5) is 5.69 Å². The molecule has 13 heteroatoms. The maximum atomic E-state index is 13.8. The zero-order valence-electron chi connectivity index (χ0n) is 23.7. The second-order valence-electron chi connectivity index (χ2n) is 12.3. The lowest BCUT2D eigenvalue weighted by Crippen LogP contribution is -2.44. The molecule has 0 unspecified atom stereocenters. The zero-order valence-corrected chi connectivity index (χ0v) is 26.0. The number of halogens is 2. The molecule has 7 rings (SSSR count). The number of primary sulfonamides is 1. The highest BCUT2D eigenvalue weighted by molar-refractivity contribution is 7.90. The number of hydrogen-bond donors (Lipinski definition) is 2. The molecule has 0 radical (unpaired) electrons. The third kappa shape index (κ3) is 4.75. The fourth-order valence-electron chi connectivity index (χ4n) is 7.46. The summed E-state index contributed by atoms with van der Waals surface area (Å²) in [4.78, 5) is 27.6. The number of hydrogen-bond acceptors (Lipinski definition) is 7. The van der Waals surface area contributed by atoms with Gasteiger partial charge in [-0.15, -0.1) is 0 Å². The number of carbonyl (C=O) groups excluding carboxylic acids is 1. The van der Waals surface area contributed by atoms with Crippen LogP contribution in [-0.4, -0.2) is 42.7 Å². The van der Waals surface area contributed by atoms with Gasteiger partial charge in [0.25, 0.3) is 0 Å². The lowest BCUT2D eigenvalue weighted by atomic mass is 9.90. The number of amides is 1. The van der Waals surface area contributed by atoms with Crippen molar-refractivity contribution in [1.29, 1.82) is 0 Å². The average molecular weight is 661 g/mol. The van der Waals surface area contributed by atoms with Crippen LogP contribution in [0.3, 0.4) is 0 Å². The van der Waals surface area contributed by atoms with E-state index in [1.165, 1.54) is 6.07 Å². The fraction of sp³-hybridized carbons (Fsp3) is 0.452. The molecule has 44 heavy (non-hydrogen) atoms. The number of aromatic nitrogens is 1. The smallest absolute Gasteiger partial charge is 0.336 e. The van der Waals surface area contributed by atoms with Crippen molar-refractivity contribution in [2.75, 3.05) is 4.90 Å². The minimum Gasteiger partial charge on any atom is -0.478 e. The highest BCUT2D eigenvalue weighted by Gasteiger charge is 2.53. The lowest BCUT2D eigenvalue weighted by Gasteiger charge is -2.34. The van der Waals surface area contributed by atoms with Crippen LogP contribution in [0.2, 0.25) is 10.0 Å². The Hall–Kier alpha value is -2.96. The zero-order chi connectivity index (χ0) is 31.0. The van der Waals surface area contributed by atoms with Gasteiger partial charge < -0.3 is 19.3 Å². The third-order valence-corrected chi connectivity index (χ3v) is 12.1. The van der Waals surface area contributed by atoms with Crippen LogP contribution in [0.5, 0.6) is 0 Å². The number of anilines is 1. The molecule has 3 saturated carbocycles. The molecule has 3 atom stereocenters. The van der Waals surface area contributed by atoms with E-state index in [9.17, 15) is 23.1 Å².